The maximum Gasteiger partial charge on any atom is 0.254 e. The number of likely N-dealkylation sites (tertiary alicyclic amines) is 1. The van der Waals surface area contributed by atoms with Crippen LogP contribution in [0.5, 0.6) is 0 Å². The second-order valence-electron chi connectivity index (χ2n) is 7.20. The van der Waals surface area contributed by atoms with Crippen LogP contribution >= 0.6 is 11.3 Å². The molecule has 1 aliphatic rings. The zero-order valence-corrected chi connectivity index (χ0v) is 16.0. The summed E-state index contributed by atoms with van der Waals surface area (Å²) in [6.45, 7) is 1.35. The number of carbonyl (C=O) groups excluding carboxylic acids is 1. The molecule has 1 atom stereocenters. The van der Waals surface area contributed by atoms with Gasteiger partial charge in [0.1, 0.15) is 0 Å². The number of para-hydroxylation sites is 2. The second-order valence-corrected chi connectivity index (χ2v) is 8.27. The molecule has 5 rings (SSSR count). The molecule has 140 valence electrons. The predicted octanol–water partition coefficient (Wildman–Crippen LogP) is 4.16. The molecule has 28 heavy (non-hydrogen) atoms. The van der Waals surface area contributed by atoms with Crippen molar-refractivity contribution in [1.82, 2.24) is 14.9 Å². The smallest absolute Gasteiger partial charge is 0.254 e. The lowest BCUT2D eigenvalue weighted by atomic mass is 9.97. The van der Waals surface area contributed by atoms with Gasteiger partial charge in [-0.15, -0.1) is 11.3 Å². The van der Waals surface area contributed by atoms with Gasteiger partial charge in [0.15, 0.2) is 0 Å². The van der Waals surface area contributed by atoms with Crippen molar-refractivity contribution in [3.05, 3.63) is 75.5 Å². The Balaban J connectivity index is 1.47. The molecule has 0 radical (unpaired) electrons. The molecule has 0 aliphatic carbocycles. The highest BCUT2D eigenvalue weighted by Crippen LogP contribution is 2.33. The third-order valence-corrected chi connectivity index (χ3v) is 6.55. The van der Waals surface area contributed by atoms with Gasteiger partial charge in [-0.3, -0.25) is 9.59 Å². The lowest BCUT2D eigenvalue weighted by molar-refractivity contribution is 0.0709. The van der Waals surface area contributed by atoms with Crippen LogP contribution in [0.2, 0.25) is 0 Å². The number of thiazole rings is 1. The quantitative estimate of drug-likeness (QED) is 0.560. The highest BCUT2D eigenvalue weighted by atomic mass is 32.1. The zero-order chi connectivity index (χ0) is 19.1. The SMILES string of the molecule is O=C(c1cc(=O)[nH]c2ccccc12)N1CCC[C@H](c2nc3ccccc3s2)C1. The Labute approximate surface area is 165 Å². The van der Waals surface area contributed by atoms with E-state index in [-0.39, 0.29) is 17.4 Å². The molecule has 4 aromatic rings. The van der Waals surface area contributed by atoms with Gasteiger partial charge in [0.05, 0.1) is 20.8 Å². The summed E-state index contributed by atoms with van der Waals surface area (Å²) >= 11 is 1.71. The van der Waals surface area contributed by atoms with E-state index in [1.807, 2.05) is 47.4 Å². The Morgan fingerprint density at radius 3 is 2.86 bits per heavy atom. The summed E-state index contributed by atoms with van der Waals surface area (Å²) in [5.74, 6) is 0.163. The van der Waals surface area contributed by atoms with Gasteiger partial charge in [-0.2, -0.15) is 0 Å². The Morgan fingerprint density at radius 1 is 1.14 bits per heavy atom. The van der Waals surface area contributed by atoms with Crippen LogP contribution in [0, 0.1) is 0 Å². The van der Waals surface area contributed by atoms with Crippen molar-refractivity contribution in [2.24, 2.45) is 0 Å². The van der Waals surface area contributed by atoms with Gasteiger partial charge in [-0.05, 0) is 31.0 Å². The second kappa shape index (κ2) is 6.87. The summed E-state index contributed by atoms with van der Waals surface area (Å²) in [7, 11) is 0. The minimum absolute atomic E-state index is 0.0758. The maximum absolute atomic E-state index is 13.3. The molecule has 6 heteroatoms. The van der Waals surface area contributed by atoms with E-state index in [9.17, 15) is 9.59 Å². The van der Waals surface area contributed by atoms with Gasteiger partial charge in [0.25, 0.3) is 5.91 Å². The van der Waals surface area contributed by atoms with Crippen LogP contribution in [-0.2, 0) is 0 Å². The van der Waals surface area contributed by atoms with Crippen LogP contribution in [0.1, 0.15) is 34.1 Å². The number of carbonyl (C=O) groups is 1. The number of piperidine rings is 1. The van der Waals surface area contributed by atoms with Crippen molar-refractivity contribution >= 4 is 38.4 Å². The molecule has 5 nitrogen and oxygen atoms in total. The number of amides is 1. The minimum atomic E-state index is -0.248. The van der Waals surface area contributed by atoms with E-state index in [4.69, 9.17) is 4.98 Å². The average molecular weight is 389 g/mol. The largest absolute Gasteiger partial charge is 0.338 e. The predicted molar refractivity (Wildman–Crippen MR) is 112 cm³/mol. The van der Waals surface area contributed by atoms with Crippen molar-refractivity contribution < 1.29 is 4.79 Å². The number of H-pyrrole nitrogens is 1. The number of rotatable bonds is 2. The fourth-order valence-electron chi connectivity index (χ4n) is 3.98. The first-order chi connectivity index (χ1) is 13.7. The third-order valence-electron chi connectivity index (χ3n) is 5.35. The van der Waals surface area contributed by atoms with E-state index < -0.39 is 0 Å². The van der Waals surface area contributed by atoms with Gasteiger partial charge in [0.2, 0.25) is 5.56 Å². The molecular formula is C22H19N3O2S. The first-order valence-corrected chi connectivity index (χ1v) is 10.3. The van der Waals surface area contributed by atoms with Crippen molar-refractivity contribution in [2.75, 3.05) is 13.1 Å². The normalized spacial score (nSPS) is 17.3. The van der Waals surface area contributed by atoms with Crippen molar-refractivity contribution in [1.29, 1.82) is 0 Å². The Bertz CT molecular complexity index is 1210. The number of aromatic nitrogens is 2. The van der Waals surface area contributed by atoms with Crippen LogP contribution < -0.4 is 5.56 Å². The summed E-state index contributed by atoms with van der Waals surface area (Å²) < 4.78 is 1.18. The van der Waals surface area contributed by atoms with E-state index in [0.29, 0.717) is 24.2 Å². The average Bonchev–Trinajstić information content (AvgIpc) is 3.17. The standard InChI is InChI=1S/C22H19N3O2S/c26-20-12-16(15-7-1-2-8-17(15)23-20)22(27)25-11-5-6-14(13-25)21-24-18-9-3-4-10-19(18)28-21/h1-4,7-10,12,14H,5-6,11,13H2,(H,23,26)/t14-/m0/s1. The molecule has 3 heterocycles. The third kappa shape index (κ3) is 2.99. The molecule has 1 amide bonds. The summed E-state index contributed by atoms with van der Waals surface area (Å²) in [5, 5.41) is 1.88. The molecule has 0 spiro atoms. The van der Waals surface area contributed by atoms with E-state index in [1.165, 1.54) is 10.8 Å². The van der Waals surface area contributed by atoms with Gasteiger partial charge in [0, 0.05) is 36.0 Å². The number of aromatic amines is 1. The number of nitrogens with zero attached hydrogens (tertiary/aromatic N) is 2. The lowest BCUT2D eigenvalue weighted by Crippen LogP contribution is -2.39. The lowest BCUT2D eigenvalue weighted by Gasteiger charge is -2.32. The summed E-state index contributed by atoms with van der Waals surface area (Å²) in [6, 6.07) is 17.0. The number of pyridine rings is 1. The monoisotopic (exact) mass is 389 g/mol. The molecule has 2 aromatic heterocycles. The van der Waals surface area contributed by atoms with Crippen molar-refractivity contribution in [3.8, 4) is 0 Å². The number of hydrogen-bond acceptors (Lipinski definition) is 4. The number of hydrogen-bond donors (Lipinski definition) is 1. The first kappa shape index (κ1) is 17.1. The van der Waals surface area contributed by atoms with Crippen LogP contribution in [-0.4, -0.2) is 33.9 Å². The Hall–Kier alpha value is -2.99. The van der Waals surface area contributed by atoms with Crippen LogP contribution in [0.25, 0.3) is 21.1 Å². The maximum atomic E-state index is 13.3. The molecule has 1 N–H and O–H groups in total. The van der Waals surface area contributed by atoms with Gasteiger partial charge in [-0.25, -0.2) is 4.98 Å². The minimum Gasteiger partial charge on any atom is -0.338 e. The highest BCUT2D eigenvalue weighted by molar-refractivity contribution is 7.18. The molecule has 2 aromatic carbocycles. The van der Waals surface area contributed by atoms with Crippen LogP contribution in [0.3, 0.4) is 0 Å². The van der Waals surface area contributed by atoms with Gasteiger partial charge >= 0.3 is 0 Å². The van der Waals surface area contributed by atoms with E-state index in [2.05, 4.69) is 11.1 Å². The number of benzene rings is 2. The summed E-state index contributed by atoms with van der Waals surface area (Å²) in [5.41, 5.74) is 1.94. The van der Waals surface area contributed by atoms with Crippen molar-refractivity contribution in [3.63, 3.8) is 0 Å². The molecule has 0 unspecified atom stereocenters. The Morgan fingerprint density at radius 2 is 1.96 bits per heavy atom. The number of nitrogens with one attached hydrogen (secondary N) is 1. The molecule has 0 bridgehead atoms. The summed E-state index contributed by atoms with van der Waals surface area (Å²) in [4.78, 5) is 34.8. The van der Waals surface area contributed by atoms with E-state index in [1.54, 1.807) is 11.3 Å². The van der Waals surface area contributed by atoms with E-state index in [0.717, 1.165) is 28.8 Å². The highest BCUT2D eigenvalue weighted by Gasteiger charge is 2.28. The molecule has 1 saturated heterocycles. The molecular weight excluding hydrogens is 370 g/mol. The van der Waals surface area contributed by atoms with Crippen molar-refractivity contribution in [2.45, 2.75) is 18.8 Å². The molecule has 1 aliphatic heterocycles. The summed E-state index contributed by atoms with van der Waals surface area (Å²) in [6.07, 6.45) is 1.97. The Kier molecular flexibility index (Phi) is 4.20. The molecule has 0 saturated carbocycles. The van der Waals surface area contributed by atoms with Gasteiger partial charge in [-0.1, -0.05) is 30.3 Å². The van der Waals surface area contributed by atoms with Gasteiger partial charge < -0.3 is 9.88 Å². The van der Waals surface area contributed by atoms with Crippen LogP contribution in [0.4, 0.5) is 0 Å². The number of fused-ring (bicyclic) bond motifs is 2. The van der Waals surface area contributed by atoms with E-state index >= 15 is 0 Å². The fraction of sp³-hybridized carbons (Fsp3) is 0.227. The fourth-order valence-corrected chi connectivity index (χ4v) is 5.07. The zero-order valence-electron chi connectivity index (χ0n) is 15.2. The molecule has 1 fully saturated rings. The first-order valence-electron chi connectivity index (χ1n) is 9.46. The topological polar surface area (TPSA) is 66.1 Å². The van der Waals surface area contributed by atoms with Crippen LogP contribution in [0.15, 0.2) is 59.4 Å².